The third-order valence-electron chi connectivity index (χ3n) is 5.14. The van der Waals surface area contributed by atoms with E-state index in [1.807, 2.05) is 0 Å². The molecule has 3 fully saturated rings. The minimum Gasteiger partial charge on any atom is -0.375 e. The van der Waals surface area contributed by atoms with Gasteiger partial charge in [0.2, 0.25) is 0 Å². The number of morpholine rings is 1. The van der Waals surface area contributed by atoms with Gasteiger partial charge in [0.25, 0.3) is 0 Å². The van der Waals surface area contributed by atoms with Crippen LogP contribution in [-0.4, -0.2) is 42.8 Å². The Morgan fingerprint density at radius 1 is 1.12 bits per heavy atom. The predicted molar refractivity (Wildman–Crippen MR) is 68.9 cm³/mol. The van der Waals surface area contributed by atoms with Crippen molar-refractivity contribution >= 4 is 0 Å². The number of hydrogen-bond acceptors (Lipinski definition) is 3. The summed E-state index contributed by atoms with van der Waals surface area (Å²) in [5, 5.41) is 0. The van der Waals surface area contributed by atoms with Gasteiger partial charge in [-0.3, -0.25) is 4.90 Å². The van der Waals surface area contributed by atoms with Crippen molar-refractivity contribution < 1.29 is 4.74 Å². The zero-order valence-electron chi connectivity index (χ0n) is 10.8. The molecule has 0 aromatic rings. The molecule has 3 aliphatic rings. The smallest absolute Gasteiger partial charge is 0.0731 e. The Bertz CT molecular complexity index is 251. The Morgan fingerprint density at radius 3 is 2.65 bits per heavy atom. The summed E-state index contributed by atoms with van der Waals surface area (Å²) in [6.45, 7) is 2.87. The van der Waals surface area contributed by atoms with Crippen molar-refractivity contribution in [3.05, 3.63) is 0 Å². The molecule has 0 spiro atoms. The highest BCUT2D eigenvalue weighted by molar-refractivity contribution is 4.94. The summed E-state index contributed by atoms with van der Waals surface area (Å²) in [7, 11) is 0. The summed E-state index contributed by atoms with van der Waals surface area (Å²) < 4.78 is 5.96. The van der Waals surface area contributed by atoms with E-state index in [1.165, 1.54) is 44.9 Å². The molecule has 0 bridgehead atoms. The standard InChI is InChI=1S/C14H26N2O/c15-10-13(11-4-3-5-11)16-8-9-17-14-7-2-1-6-12(14)16/h11-14H,1-10,15H2. The molecule has 1 aliphatic heterocycles. The van der Waals surface area contributed by atoms with Crippen LogP contribution < -0.4 is 5.73 Å². The van der Waals surface area contributed by atoms with Crippen LogP contribution in [0.5, 0.6) is 0 Å². The molecular formula is C14H26N2O. The lowest BCUT2D eigenvalue weighted by Crippen LogP contribution is -2.60. The van der Waals surface area contributed by atoms with Crippen molar-refractivity contribution in [3.63, 3.8) is 0 Å². The Labute approximate surface area is 105 Å². The summed E-state index contributed by atoms with van der Waals surface area (Å²) >= 11 is 0. The second-order valence-corrected chi connectivity index (χ2v) is 5.99. The molecule has 17 heavy (non-hydrogen) atoms. The van der Waals surface area contributed by atoms with Crippen LogP contribution in [0.25, 0.3) is 0 Å². The fraction of sp³-hybridized carbons (Fsp3) is 1.00. The average molecular weight is 238 g/mol. The van der Waals surface area contributed by atoms with Crippen molar-refractivity contribution in [3.8, 4) is 0 Å². The first-order valence-corrected chi connectivity index (χ1v) is 7.47. The summed E-state index contributed by atoms with van der Waals surface area (Å²) in [5.74, 6) is 0.876. The molecule has 3 heteroatoms. The van der Waals surface area contributed by atoms with Gasteiger partial charge in [0.05, 0.1) is 12.7 Å². The summed E-state index contributed by atoms with van der Waals surface area (Å²) in [6, 6.07) is 1.31. The fourth-order valence-corrected chi connectivity index (χ4v) is 3.96. The largest absolute Gasteiger partial charge is 0.375 e. The SMILES string of the molecule is NCC(C1CCC1)N1CCOC2CCCCC21. The third kappa shape index (κ3) is 2.25. The Hall–Kier alpha value is -0.120. The van der Waals surface area contributed by atoms with Gasteiger partial charge in [-0.1, -0.05) is 19.3 Å². The van der Waals surface area contributed by atoms with Crippen LogP contribution >= 0.6 is 0 Å². The Balaban J connectivity index is 1.70. The highest BCUT2D eigenvalue weighted by atomic mass is 16.5. The van der Waals surface area contributed by atoms with E-state index in [2.05, 4.69) is 4.90 Å². The maximum Gasteiger partial charge on any atom is 0.0731 e. The van der Waals surface area contributed by atoms with Crippen molar-refractivity contribution in [1.82, 2.24) is 4.90 Å². The molecule has 1 saturated heterocycles. The first kappa shape index (κ1) is 11.9. The number of fused-ring (bicyclic) bond motifs is 1. The van der Waals surface area contributed by atoms with E-state index in [1.54, 1.807) is 0 Å². The van der Waals surface area contributed by atoms with Crippen LogP contribution in [0.3, 0.4) is 0 Å². The van der Waals surface area contributed by atoms with Crippen LogP contribution in [0.15, 0.2) is 0 Å². The van der Waals surface area contributed by atoms with E-state index in [0.29, 0.717) is 18.2 Å². The minimum absolute atomic E-state index is 0.506. The second-order valence-electron chi connectivity index (χ2n) is 5.99. The lowest BCUT2D eigenvalue weighted by atomic mass is 9.77. The zero-order valence-corrected chi connectivity index (χ0v) is 10.8. The zero-order chi connectivity index (χ0) is 11.7. The number of hydrogen-bond donors (Lipinski definition) is 1. The summed E-state index contributed by atoms with van der Waals surface area (Å²) in [5.41, 5.74) is 6.05. The van der Waals surface area contributed by atoms with E-state index >= 15 is 0 Å². The molecule has 0 aromatic heterocycles. The number of ether oxygens (including phenoxy) is 1. The number of rotatable bonds is 3. The van der Waals surface area contributed by atoms with Crippen LogP contribution in [0.1, 0.15) is 44.9 Å². The van der Waals surface area contributed by atoms with Gasteiger partial charge < -0.3 is 10.5 Å². The molecule has 3 unspecified atom stereocenters. The molecule has 3 atom stereocenters. The molecule has 98 valence electrons. The van der Waals surface area contributed by atoms with Crippen molar-refractivity contribution in [2.75, 3.05) is 19.7 Å². The second kappa shape index (κ2) is 5.25. The molecule has 2 N–H and O–H groups in total. The van der Waals surface area contributed by atoms with Crippen molar-refractivity contribution in [2.24, 2.45) is 11.7 Å². The van der Waals surface area contributed by atoms with Gasteiger partial charge in [-0.25, -0.2) is 0 Å². The van der Waals surface area contributed by atoms with E-state index in [9.17, 15) is 0 Å². The molecule has 0 aromatic carbocycles. The third-order valence-corrected chi connectivity index (χ3v) is 5.14. The van der Waals surface area contributed by atoms with Crippen molar-refractivity contribution in [1.29, 1.82) is 0 Å². The van der Waals surface area contributed by atoms with E-state index in [4.69, 9.17) is 10.5 Å². The normalized spacial score (nSPS) is 37.2. The minimum atomic E-state index is 0.506. The van der Waals surface area contributed by atoms with Crippen LogP contribution in [0, 0.1) is 5.92 Å². The van der Waals surface area contributed by atoms with Gasteiger partial charge in [0.15, 0.2) is 0 Å². The predicted octanol–water partition coefficient (Wildman–Crippen LogP) is 1.76. The van der Waals surface area contributed by atoms with Gasteiger partial charge >= 0.3 is 0 Å². The van der Waals surface area contributed by atoms with Crippen molar-refractivity contribution in [2.45, 2.75) is 63.1 Å². The highest BCUT2D eigenvalue weighted by Gasteiger charge is 2.40. The fourth-order valence-electron chi connectivity index (χ4n) is 3.96. The lowest BCUT2D eigenvalue weighted by molar-refractivity contribution is -0.113. The maximum absolute atomic E-state index is 6.05. The first-order chi connectivity index (χ1) is 8.40. The number of nitrogens with two attached hydrogens (primary N) is 1. The van der Waals surface area contributed by atoms with E-state index < -0.39 is 0 Å². The molecule has 3 nitrogen and oxygen atoms in total. The topological polar surface area (TPSA) is 38.5 Å². The molecule has 2 saturated carbocycles. The monoisotopic (exact) mass is 238 g/mol. The summed E-state index contributed by atoms with van der Waals surface area (Å²) in [6.07, 6.45) is 10.0. The van der Waals surface area contributed by atoms with Gasteiger partial charge in [0.1, 0.15) is 0 Å². The summed E-state index contributed by atoms with van der Waals surface area (Å²) in [4.78, 5) is 2.72. The highest BCUT2D eigenvalue weighted by Crippen LogP contribution is 2.36. The molecule has 0 radical (unpaired) electrons. The molecule has 0 amide bonds. The molecular weight excluding hydrogens is 212 g/mol. The Morgan fingerprint density at radius 2 is 1.94 bits per heavy atom. The molecule has 1 heterocycles. The van der Waals surface area contributed by atoms with Gasteiger partial charge in [-0.05, 0) is 31.6 Å². The maximum atomic E-state index is 6.05. The Kier molecular flexibility index (Phi) is 3.69. The van der Waals surface area contributed by atoms with Crippen LogP contribution in [0.2, 0.25) is 0 Å². The number of nitrogens with zero attached hydrogens (tertiary/aromatic N) is 1. The van der Waals surface area contributed by atoms with Gasteiger partial charge in [-0.15, -0.1) is 0 Å². The van der Waals surface area contributed by atoms with Gasteiger partial charge in [-0.2, -0.15) is 0 Å². The van der Waals surface area contributed by atoms with Crippen LogP contribution in [-0.2, 0) is 4.74 Å². The molecule has 2 aliphatic carbocycles. The van der Waals surface area contributed by atoms with Crippen LogP contribution in [0.4, 0.5) is 0 Å². The first-order valence-electron chi connectivity index (χ1n) is 7.47. The van der Waals surface area contributed by atoms with Gasteiger partial charge in [0, 0.05) is 25.2 Å². The molecule has 3 rings (SSSR count). The van der Waals surface area contributed by atoms with E-state index in [-0.39, 0.29) is 0 Å². The van der Waals surface area contributed by atoms with E-state index in [0.717, 1.165) is 25.6 Å². The lowest BCUT2D eigenvalue weighted by Gasteiger charge is -2.50. The quantitative estimate of drug-likeness (QED) is 0.814. The average Bonchev–Trinajstić information content (AvgIpc) is 2.33.